The lowest BCUT2D eigenvalue weighted by atomic mass is 9.92. The second-order valence-corrected chi connectivity index (χ2v) is 6.38. The number of benzene rings is 1. The molecule has 1 aliphatic rings. The Morgan fingerprint density at radius 2 is 2.00 bits per heavy atom. The van der Waals surface area contributed by atoms with Crippen LogP contribution in [0.25, 0.3) is 0 Å². The summed E-state index contributed by atoms with van der Waals surface area (Å²) in [4.78, 5) is 2.20. The molecule has 21 heavy (non-hydrogen) atoms. The summed E-state index contributed by atoms with van der Waals surface area (Å²) in [5.41, 5.74) is 7.72. The first kappa shape index (κ1) is 16.3. The number of piperidine rings is 1. The number of rotatable bonds is 6. The summed E-state index contributed by atoms with van der Waals surface area (Å²) >= 11 is 0. The number of nitrogens with two attached hydrogens (primary N) is 1. The zero-order valence-corrected chi connectivity index (χ0v) is 13.4. The molecular weight excluding hydrogens is 263 g/mol. The number of hydrogen-bond acceptors (Lipinski definition) is 2. The predicted molar refractivity (Wildman–Crippen MR) is 88.2 cm³/mol. The Morgan fingerprint density at radius 1 is 1.29 bits per heavy atom. The fraction of sp³-hybridized carbons (Fsp3) is 0.667. The maximum absolute atomic E-state index is 14.4. The smallest absolute Gasteiger partial charge is 0.146 e. The molecule has 0 bridgehead atoms. The molecule has 1 saturated heterocycles. The maximum atomic E-state index is 14.4. The number of nitrogens with zero attached hydrogens (tertiary/aromatic N) is 1. The second-order valence-electron chi connectivity index (χ2n) is 6.38. The zero-order valence-electron chi connectivity index (χ0n) is 13.4. The minimum Gasteiger partial charge on any atom is -0.369 e. The van der Waals surface area contributed by atoms with E-state index in [4.69, 9.17) is 5.73 Å². The largest absolute Gasteiger partial charge is 0.369 e. The minimum atomic E-state index is -0.0928. The van der Waals surface area contributed by atoms with Crippen molar-refractivity contribution in [1.29, 1.82) is 0 Å². The molecule has 2 rings (SSSR count). The highest BCUT2D eigenvalue weighted by molar-refractivity contribution is 5.49. The van der Waals surface area contributed by atoms with Crippen LogP contribution in [-0.2, 0) is 6.42 Å². The van der Waals surface area contributed by atoms with Crippen molar-refractivity contribution in [3.8, 4) is 0 Å². The predicted octanol–water partition coefficient (Wildman–Crippen LogP) is 4.12. The Labute approximate surface area is 128 Å². The van der Waals surface area contributed by atoms with E-state index in [9.17, 15) is 4.39 Å². The van der Waals surface area contributed by atoms with Crippen LogP contribution in [0.4, 0.5) is 10.1 Å². The average Bonchev–Trinajstić information content (AvgIpc) is 2.49. The van der Waals surface area contributed by atoms with Crippen LogP contribution in [0.15, 0.2) is 18.2 Å². The first-order valence-electron chi connectivity index (χ1n) is 8.43. The van der Waals surface area contributed by atoms with E-state index in [0.717, 1.165) is 43.1 Å². The second kappa shape index (κ2) is 7.79. The summed E-state index contributed by atoms with van der Waals surface area (Å²) in [5.74, 6) is 0.737. The highest BCUT2D eigenvalue weighted by Gasteiger charge is 2.20. The normalized spacial score (nSPS) is 18.0. The molecule has 0 saturated carbocycles. The van der Waals surface area contributed by atoms with Crippen LogP contribution in [0.3, 0.4) is 0 Å². The van der Waals surface area contributed by atoms with Crippen LogP contribution in [0.1, 0.15) is 51.5 Å². The molecule has 0 amide bonds. The van der Waals surface area contributed by atoms with E-state index < -0.39 is 0 Å². The van der Waals surface area contributed by atoms with Gasteiger partial charge in [-0.25, -0.2) is 4.39 Å². The molecule has 1 fully saturated rings. The van der Waals surface area contributed by atoms with E-state index in [1.165, 1.54) is 25.7 Å². The van der Waals surface area contributed by atoms with E-state index in [1.807, 2.05) is 12.1 Å². The highest BCUT2D eigenvalue weighted by Crippen LogP contribution is 2.28. The summed E-state index contributed by atoms with van der Waals surface area (Å²) < 4.78 is 14.4. The van der Waals surface area contributed by atoms with Crippen LogP contribution < -0.4 is 10.6 Å². The molecule has 1 atom stereocenters. The molecule has 1 heterocycles. The van der Waals surface area contributed by atoms with Gasteiger partial charge in [-0.05, 0) is 49.3 Å². The van der Waals surface area contributed by atoms with Gasteiger partial charge in [0, 0.05) is 19.1 Å². The van der Waals surface area contributed by atoms with Gasteiger partial charge in [0.1, 0.15) is 5.82 Å². The molecule has 0 spiro atoms. The van der Waals surface area contributed by atoms with Gasteiger partial charge >= 0.3 is 0 Å². The monoisotopic (exact) mass is 292 g/mol. The number of halogens is 1. The quantitative estimate of drug-likeness (QED) is 0.854. The zero-order chi connectivity index (χ0) is 15.2. The first-order valence-corrected chi connectivity index (χ1v) is 8.43. The van der Waals surface area contributed by atoms with Crippen molar-refractivity contribution in [2.45, 2.75) is 58.4 Å². The van der Waals surface area contributed by atoms with E-state index in [2.05, 4.69) is 18.7 Å². The fourth-order valence-electron chi connectivity index (χ4n) is 3.25. The molecule has 118 valence electrons. The molecule has 2 nitrogen and oxygen atoms in total. The van der Waals surface area contributed by atoms with Crippen molar-refractivity contribution in [2.75, 3.05) is 18.0 Å². The van der Waals surface area contributed by atoms with Gasteiger partial charge in [-0.2, -0.15) is 0 Å². The molecule has 0 radical (unpaired) electrons. The third-order valence-electron chi connectivity index (χ3n) is 4.69. The Hall–Kier alpha value is -1.09. The summed E-state index contributed by atoms with van der Waals surface area (Å²) in [6, 6.07) is 5.77. The van der Waals surface area contributed by atoms with Gasteiger partial charge in [-0.1, -0.05) is 32.8 Å². The van der Waals surface area contributed by atoms with Gasteiger partial charge in [-0.15, -0.1) is 0 Å². The molecule has 2 N–H and O–H groups in total. The number of hydrogen-bond donors (Lipinski definition) is 1. The van der Waals surface area contributed by atoms with Gasteiger partial charge in [0.25, 0.3) is 0 Å². The molecular formula is C18H29FN2. The standard InChI is InChI=1S/C18H29FN2/c1-3-5-14-8-10-21(11-9-14)18-7-6-15(13-17(18)19)12-16(20)4-2/h6-7,13-14,16H,3-5,8-12,20H2,1-2H3. The maximum Gasteiger partial charge on any atom is 0.146 e. The molecule has 3 heteroatoms. The van der Waals surface area contributed by atoms with E-state index in [-0.39, 0.29) is 11.9 Å². The van der Waals surface area contributed by atoms with Crippen molar-refractivity contribution in [2.24, 2.45) is 11.7 Å². The molecule has 1 aromatic rings. The van der Waals surface area contributed by atoms with Gasteiger partial charge < -0.3 is 10.6 Å². The number of anilines is 1. The van der Waals surface area contributed by atoms with Crippen molar-refractivity contribution < 1.29 is 4.39 Å². The van der Waals surface area contributed by atoms with Crippen molar-refractivity contribution >= 4 is 5.69 Å². The Kier molecular flexibility index (Phi) is 6.04. The molecule has 1 unspecified atom stereocenters. The van der Waals surface area contributed by atoms with E-state index in [1.54, 1.807) is 6.07 Å². The highest BCUT2D eigenvalue weighted by atomic mass is 19.1. The van der Waals surface area contributed by atoms with Gasteiger partial charge in [0.15, 0.2) is 0 Å². The van der Waals surface area contributed by atoms with Crippen molar-refractivity contribution in [1.82, 2.24) is 0 Å². The molecule has 1 aromatic carbocycles. The van der Waals surface area contributed by atoms with Crippen LogP contribution in [0.5, 0.6) is 0 Å². The van der Waals surface area contributed by atoms with Gasteiger partial charge in [-0.3, -0.25) is 0 Å². The minimum absolute atomic E-state index is 0.0928. The topological polar surface area (TPSA) is 29.3 Å². The third-order valence-corrected chi connectivity index (χ3v) is 4.69. The van der Waals surface area contributed by atoms with Gasteiger partial charge in [0.05, 0.1) is 5.69 Å². The molecule has 0 aliphatic carbocycles. The Morgan fingerprint density at radius 3 is 2.57 bits per heavy atom. The average molecular weight is 292 g/mol. The lowest BCUT2D eigenvalue weighted by Gasteiger charge is -2.33. The van der Waals surface area contributed by atoms with Crippen molar-refractivity contribution in [3.05, 3.63) is 29.6 Å². The third kappa shape index (κ3) is 4.44. The van der Waals surface area contributed by atoms with Crippen LogP contribution in [-0.4, -0.2) is 19.1 Å². The van der Waals surface area contributed by atoms with E-state index in [0.29, 0.717) is 0 Å². The first-order chi connectivity index (χ1) is 10.1. The van der Waals surface area contributed by atoms with Crippen LogP contribution in [0.2, 0.25) is 0 Å². The van der Waals surface area contributed by atoms with Crippen LogP contribution >= 0.6 is 0 Å². The lowest BCUT2D eigenvalue weighted by Crippen LogP contribution is -2.34. The van der Waals surface area contributed by atoms with Crippen LogP contribution in [0, 0.1) is 11.7 Å². The fourth-order valence-corrected chi connectivity index (χ4v) is 3.25. The van der Waals surface area contributed by atoms with Gasteiger partial charge in [0.2, 0.25) is 0 Å². The molecule has 0 aromatic heterocycles. The summed E-state index contributed by atoms with van der Waals surface area (Å²) in [6.45, 7) is 6.27. The molecule has 1 aliphatic heterocycles. The van der Waals surface area contributed by atoms with E-state index >= 15 is 0 Å². The Balaban J connectivity index is 1.98. The Bertz CT molecular complexity index is 439. The lowest BCUT2D eigenvalue weighted by molar-refractivity contribution is 0.376. The summed E-state index contributed by atoms with van der Waals surface area (Å²) in [7, 11) is 0. The van der Waals surface area contributed by atoms with Crippen molar-refractivity contribution in [3.63, 3.8) is 0 Å². The SMILES string of the molecule is CCCC1CCN(c2ccc(CC(N)CC)cc2F)CC1. The summed E-state index contributed by atoms with van der Waals surface area (Å²) in [6.07, 6.45) is 6.63. The summed E-state index contributed by atoms with van der Waals surface area (Å²) in [5, 5.41) is 0.